The predicted octanol–water partition coefficient (Wildman–Crippen LogP) is 2.40. The van der Waals surface area contributed by atoms with Crippen molar-refractivity contribution in [2.75, 3.05) is 13.7 Å². The van der Waals surface area contributed by atoms with Crippen molar-refractivity contribution in [3.05, 3.63) is 33.8 Å². The first-order chi connectivity index (χ1) is 6.19. The molecule has 0 radical (unpaired) electrons. The molecule has 0 aromatic heterocycles. The molecule has 2 N–H and O–H groups in total. The van der Waals surface area contributed by atoms with Crippen LogP contribution in [0.3, 0.4) is 0 Å². The minimum atomic E-state index is 0.00630. The molecule has 0 bridgehead atoms. The van der Waals surface area contributed by atoms with Crippen molar-refractivity contribution in [1.29, 1.82) is 0 Å². The van der Waals surface area contributed by atoms with E-state index in [2.05, 4.69) is 28.9 Å². The van der Waals surface area contributed by atoms with Crippen molar-refractivity contribution in [1.82, 2.24) is 0 Å². The monoisotopic (exact) mass is 243 g/mol. The van der Waals surface area contributed by atoms with E-state index in [0.29, 0.717) is 6.54 Å². The summed E-state index contributed by atoms with van der Waals surface area (Å²) in [7, 11) is 1.68. The molecule has 0 heterocycles. The van der Waals surface area contributed by atoms with Gasteiger partial charge in [0.25, 0.3) is 0 Å². The molecule has 1 aromatic rings. The lowest BCUT2D eigenvalue weighted by Crippen LogP contribution is -2.14. The Morgan fingerprint density at radius 3 is 2.69 bits per heavy atom. The summed E-state index contributed by atoms with van der Waals surface area (Å²) >= 11 is 3.45. The van der Waals surface area contributed by atoms with Crippen LogP contribution in [0.2, 0.25) is 0 Å². The fourth-order valence-corrected chi connectivity index (χ4v) is 1.48. The van der Waals surface area contributed by atoms with Crippen LogP contribution in [0.1, 0.15) is 17.2 Å². The van der Waals surface area contributed by atoms with E-state index in [1.165, 1.54) is 5.56 Å². The summed E-state index contributed by atoms with van der Waals surface area (Å²) in [4.78, 5) is 0. The number of nitrogens with two attached hydrogens (primary N) is 1. The Morgan fingerprint density at radius 1 is 1.54 bits per heavy atom. The number of methoxy groups -OCH3 is 1. The highest BCUT2D eigenvalue weighted by Crippen LogP contribution is 2.22. The molecule has 0 saturated heterocycles. The topological polar surface area (TPSA) is 35.2 Å². The van der Waals surface area contributed by atoms with Crippen LogP contribution in [0.15, 0.2) is 22.7 Å². The van der Waals surface area contributed by atoms with Crippen molar-refractivity contribution in [3.8, 4) is 0 Å². The number of hydrogen-bond acceptors (Lipinski definition) is 2. The van der Waals surface area contributed by atoms with E-state index in [0.717, 1.165) is 10.0 Å². The zero-order valence-corrected chi connectivity index (χ0v) is 9.47. The third-order valence-electron chi connectivity index (χ3n) is 2.05. The van der Waals surface area contributed by atoms with Crippen molar-refractivity contribution in [2.24, 2.45) is 5.73 Å². The molecule has 1 rings (SSSR count). The van der Waals surface area contributed by atoms with Gasteiger partial charge in [-0.3, -0.25) is 0 Å². The summed E-state index contributed by atoms with van der Waals surface area (Å²) in [6, 6.07) is 6.13. The molecule has 72 valence electrons. The Balaban J connectivity index is 2.95. The first-order valence-corrected chi connectivity index (χ1v) is 4.97. The van der Waals surface area contributed by atoms with E-state index in [4.69, 9.17) is 10.5 Å². The van der Waals surface area contributed by atoms with Crippen LogP contribution in [-0.2, 0) is 4.74 Å². The lowest BCUT2D eigenvalue weighted by Gasteiger charge is -2.14. The van der Waals surface area contributed by atoms with E-state index >= 15 is 0 Å². The average Bonchev–Trinajstić information content (AvgIpc) is 2.13. The van der Waals surface area contributed by atoms with Crippen LogP contribution in [0.4, 0.5) is 0 Å². The van der Waals surface area contributed by atoms with Gasteiger partial charge in [0.15, 0.2) is 0 Å². The molecule has 0 aliphatic rings. The fraction of sp³-hybridized carbons (Fsp3) is 0.400. The molecule has 1 unspecified atom stereocenters. The summed E-state index contributed by atoms with van der Waals surface area (Å²) in [6.07, 6.45) is 0.00630. The van der Waals surface area contributed by atoms with Gasteiger partial charge < -0.3 is 10.5 Å². The van der Waals surface area contributed by atoms with Gasteiger partial charge >= 0.3 is 0 Å². The maximum absolute atomic E-state index is 5.57. The van der Waals surface area contributed by atoms with E-state index in [1.54, 1.807) is 7.11 Å². The largest absolute Gasteiger partial charge is 0.375 e. The number of aryl methyl sites for hydroxylation is 1. The molecule has 1 atom stereocenters. The molecule has 0 amide bonds. The van der Waals surface area contributed by atoms with Crippen LogP contribution in [-0.4, -0.2) is 13.7 Å². The second-order valence-electron chi connectivity index (χ2n) is 2.97. The summed E-state index contributed by atoms with van der Waals surface area (Å²) in [6.45, 7) is 2.56. The standard InChI is InChI=1S/C10H14BrNO/c1-7-5-8(3-4-9(7)11)10(6-12)13-2/h3-5,10H,6,12H2,1-2H3. The lowest BCUT2D eigenvalue weighted by atomic mass is 10.1. The van der Waals surface area contributed by atoms with Crippen LogP contribution < -0.4 is 5.73 Å². The Bertz CT molecular complexity index is 284. The van der Waals surface area contributed by atoms with Gasteiger partial charge in [-0.1, -0.05) is 28.1 Å². The summed E-state index contributed by atoms with van der Waals surface area (Å²) in [5.74, 6) is 0. The first kappa shape index (κ1) is 10.7. The van der Waals surface area contributed by atoms with Crippen molar-refractivity contribution >= 4 is 15.9 Å². The molecule has 0 aliphatic carbocycles. The van der Waals surface area contributed by atoms with Crippen LogP contribution in [0, 0.1) is 6.92 Å². The summed E-state index contributed by atoms with van der Waals surface area (Å²) in [5.41, 5.74) is 7.90. The molecule has 2 nitrogen and oxygen atoms in total. The van der Waals surface area contributed by atoms with Gasteiger partial charge in [-0.15, -0.1) is 0 Å². The van der Waals surface area contributed by atoms with Gasteiger partial charge in [0.2, 0.25) is 0 Å². The molecule has 1 aromatic carbocycles. The van der Waals surface area contributed by atoms with Crippen LogP contribution in [0.5, 0.6) is 0 Å². The second-order valence-corrected chi connectivity index (χ2v) is 3.82. The molecule has 0 aliphatic heterocycles. The van der Waals surface area contributed by atoms with Gasteiger partial charge in [0.05, 0.1) is 6.10 Å². The maximum atomic E-state index is 5.57. The van der Waals surface area contributed by atoms with Gasteiger partial charge in [-0.05, 0) is 24.1 Å². The molecule has 3 heteroatoms. The molecule has 0 spiro atoms. The van der Waals surface area contributed by atoms with Crippen molar-refractivity contribution in [3.63, 3.8) is 0 Å². The zero-order valence-electron chi connectivity index (χ0n) is 7.88. The smallest absolute Gasteiger partial charge is 0.0943 e. The van der Waals surface area contributed by atoms with E-state index in [9.17, 15) is 0 Å². The predicted molar refractivity (Wildman–Crippen MR) is 57.7 cm³/mol. The zero-order chi connectivity index (χ0) is 9.84. The molecular weight excluding hydrogens is 230 g/mol. The maximum Gasteiger partial charge on any atom is 0.0943 e. The quantitative estimate of drug-likeness (QED) is 0.886. The summed E-state index contributed by atoms with van der Waals surface area (Å²) < 4.78 is 6.35. The normalized spacial score (nSPS) is 12.9. The highest BCUT2D eigenvalue weighted by Gasteiger charge is 2.08. The Morgan fingerprint density at radius 2 is 2.23 bits per heavy atom. The molecule has 0 fully saturated rings. The number of rotatable bonds is 3. The minimum absolute atomic E-state index is 0.00630. The Labute approximate surface area is 87.2 Å². The SMILES string of the molecule is COC(CN)c1ccc(Br)c(C)c1. The van der Waals surface area contributed by atoms with E-state index in [-0.39, 0.29) is 6.10 Å². The first-order valence-electron chi connectivity index (χ1n) is 4.18. The highest BCUT2D eigenvalue weighted by atomic mass is 79.9. The Hall–Kier alpha value is -0.380. The van der Waals surface area contributed by atoms with Gasteiger partial charge in [0.1, 0.15) is 0 Å². The van der Waals surface area contributed by atoms with Gasteiger partial charge in [0, 0.05) is 18.1 Å². The van der Waals surface area contributed by atoms with Crippen LogP contribution >= 0.6 is 15.9 Å². The fourth-order valence-electron chi connectivity index (χ4n) is 1.24. The number of hydrogen-bond donors (Lipinski definition) is 1. The van der Waals surface area contributed by atoms with Crippen molar-refractivity contribution < 1.29 is 4.74 Å². The number of ether oxygens (including phenoxy) is 1. The van der Waals surface area contributed by atoms with E-state index < -0.39 is 0 Å². The molecule has 0 saturated carbocycles. The Kier molecular flexibility index (Phi) is 3.90. The molecular formula is C10H14BrNO. The number of benzene rings is 1. The van der Waals surface area contributed by atoms with Gasteiger partial charge in [-0.25, -0.2) is 0 Å². The van der Waals surface area contributed by atoms with Crippen molar-refractivity contribution in [2.45, 2.75) is 13.0 Å². The average molecular weight is 244 g/mol. The van der Waals surface area contributed by atoms with Gasteiger partial charge in [-0.2, -0.15) is 0 Å². The lowest BCUT2D eigenvalue weighted by molar-refractivity contribution is 0.110. The third-order valence-corrected chi connectivity index (χ3v) is 2.94. The van der Waals surface area contributed by atoms with E-state index in [1.807, 2.05) is 12.1 Å². The summed E-state index contributed by atoms with van der Waals surface area (Å²) in [5, 5.41) is 0. The van der Waals surface area contributed by atoms with Crippen LogP contribution in [0.25, 0.3) is 0 Å². The minimum Gasteiger partial charge on any atom is -0.375 e. The second kappa shape index (κ2) is 4.74. The molecule has 13 heavy (non-hydrogen) atoms. The third kappa shape index (κ3) is 2.53. The number of halogens is 1. The highest BCUT2D eigenvalue weighted by molar-refractivity contribution is 9.10.